The minimum Gasteiger partial charge on any atom is -0.385 e. The molecule has 1 aliphatic rings. The molecule has 0 aromatic heterocycles. The molecular formula is C9H18N2O2. The molecule has 0 spiro atoms. The van der Waals surface area contributed by atoms with E-state index in [-0.39, 0.29) is 6.03 Å². The average Bonchev–Trinajstić information content (AvgIpc) is 2.52. The van der Waals surface area contributed by atoms with Crippen molar-refractivity contribution in [1.82, 2.24) is 10.2 Å². The minimum atomic E-state index is 0.0896. The molecule has 2 amide bonds. The third kappa shape index (κ3) is 3.63. The first-order valence-corrected chi connectivity index (χ1v) is 4.86. The van der Waals surface area contributed by atoms with Crippen LogP contribution in [0.25, 0.3) is 0 Å². The third-order valence-electron chi connectivity index (χ3n) is 2.22. The Kier molecular flexibility index (Phi) is 4.60. The second kappa shape index (κ2) is 5.80. The standard InChI is InChI=1S/C9H18N2O2/c1-13-8-4-2-3-6-11-7-5-10-9(11)12/h2-8H2,1H3,(H,10,12). The summed E-state index contributed by atoms with van der Waals surface area (Å²) >= 11 is 0. The number of carbonyl (C=O) groups is 1. The zero-order chi connectivity index (χ0) is 9.52. The van der Waals surface area contributed by atoms with Crippen molar-refractivity contribution in [3.05, 3.63) is 0 Å². The van der Waals surface area contributed by atoms with Gasteiger partial charge in [-0.25, -0.2) is 4.79 Å². The molecule has 76 valence electrons. The second-order valence-electron chi connectivity index (χ2n) is 3.27. The third-order valence-corrected chi connectivity index (χ3v) is 2.22. The number of urea groups is 1. The van der Waals surface area contributed by atoms with Crippen LogP contribution in [0.1, 0.15) is 19.3 Å². The van der Waals surface area contributed by atoms with Crippen LogP contribution in [-0.2, 0) is 4.74 Å². The van der Waals surface area contributed by atoms with E-state index in [9.17, 15) is 4.79 Å². The summed E-state index contributed by atoms with van der Waals surface area (Å²) in [6, 6.07) is 0.0896. The maximum atomic E-state index is 11.1. The van der Waals surface area contributed by atoms with Gasteiger partial charge in [0.05, 0.1) is 0 Å². The summed E-state index contributed by atoms with van der Waals surface area (Å²) in [5.74, 6) is 0. The molecule has 0 aromatic carbocycles. The SMILES string of the molecule is COCCCCCN1CCNC1=O. The maximum Gasteiger partial charge on any atom is 0.317 e. The van der Waals surface area contributed by atoms with E-state index in [0.717, 1.165) is 45.5 Å². The lowest BCUT2D eigenvalue weighted by atomic mass is 10.2. The van der Waals surface area contributed by atoms with Crippen LogP contribution < -0.4 is 5.32 Å². The van der Waals surface area contributed by atoms with Crippen molar-refractivity contribution in [2.75, 3.05) is 33.4 Å². The van der Waals surface area contributed by atoms with Gasteiger partial charge in [0.25, 0.3) is 0 Å². The van der Waals surface area contributed by atoms with Crippen molar-refractivity contribution < 1.29 is 9.53 Å². The molecule has 0 aliphatic carbocycles. The molecule has 0 atom stereocenters. The van der Waals surface area contributed by atoms with E-state index in [1.165, 1.54) is 0 Å². The van der Waals surface area contributed by atoms with Crippen LogP contribution in [0.2, 0.25) is 0 Å². The van der Waals surface area contributed by atoms with E-state index in [2.05, 4.69) is 5.32 Å². The number of nitrogens with zero attached hydrogens (tertiary/aromatic N) is 1. The normalized spacial score (nSPS) is 16.4. The number of unbranched alkanes of at least 4 members (excludes halogenated alkanes) is 2. The minimum absolute atomic E-state index is 0.0896. The Morgan fingerprint density at radius 3 is 2.92 bits per heavy atom. The first-order valence-electron chi connectivity index (χ1n) is 4.86. The molecule has 0 unspecified atom stereocenters. The van der Waals surface area contributed by atoms with Gasteiger partial charge in [0, 0.05) is 33.4 Å². The van der Waals surface area contributed by atoms with E-state index in [4.69, 9.17) is 4.74 Å². The quantitative estimate of drug-likeness (QED) is 0.624. The topological polar surface area (TPSA) is 41.6 Å². The Morgan fingerprint density at radius 2 is 2.31 bits per heavy atom. The Morgan fingerprint density at radius 1 is 1.46 bits per heavy atom. The summed E-state index contributed by atoms with van der Waals surface area (Å²) < 4.78 is 4.94. The van der Waals surface area contributed by atoms with Gasteiger partial charge in [0.2, 0.25) is 0 Å². The lowest BCUT2D eigenvalue weighted by Crippen LogP contribution is -2.28. The fraction of sp³-hybridized carbons (Fsp3) is 0.889. The molecule has 1 saturated heterocycles. The smallest absolute Gasteiger partial charge is 0.317 e. The molecule has 13 heavy (non-hydrogen) atoms. The van der Waals surface area contributed by atoms with Crippen molar-refractivity contribution in [2.45, 2.75) is 19.3 Å². The Labute approximate surface area is 79.2 Å². The summed E-state index contributed by atoms with van der Waals surface area (Å²) in [5, 5.41) is 2.78. The van der Waals surface area contributed by atoms with E-state index < -0.39 is 0 Å². The summed E-state index contributed by atoms with van der Waals surface area (Å²) in [6.45, 7) is 3.38. The predicted molar refractivity (Wildman–Crippen MR) is 50.7 cm³/mol. The van der Waals surface area contributed by atoms with Crippen LogP contribution >= 0.6 is 0 Å². The Balaban J connectivity index is 1.96. The lowest BCUT2D eigenvalue weighted by Gasteiger charge is -2.13. The molecule has 1 heterocycles. The molecular weight excluding hydrogens is 168 g/mol. The molecule has 0 aromatic rings. The summed E-state index contributed by atoms with van der Waals surface area (Å²) in [6.07, 6.45) is 3.31. The molecule has 1 aliphatic heterocycles. The average molecular weight is 186 g/mol. The van der Waals surface area contributed by atoms with Crippen LogP contribution in [0.15, 0.2) is 0 Å². The molecule has 4 heteroatoms. The maximum absolute atomic E-state index is 11.1. The van der Waals surface area contributed by atoms with Gasteiger partial charge in [-0.3, -0.25) is 0 Å². The number of hydrogen-bond donors (Lipinski definition) is 1. The number of ether oxygens (including phenoxy) is 1. The van der Waals surface area contributed by atoms with Gasteiger partial charge in [0.15, 0.2) is 0 Å². The van der Waals surface area contributed by atoms with E-state index in [1.807, 2.05) is 4.90 Å². The summed E-state index contributed by atoms with van der Waals surface area (Å²) in [4.78, 5) is 13.0. The van der Waals surface area contributed by atoms with Crippen molar-refractivity contribution in [3.63, 3.8) is 0 Å². The molecule has 0 bridgehead atoms. The van der Waals surface area contributed by atoms with Gasteiger partial charge >= 0.3 is 6.03 Å². The highest BCUT2D eigenvalue weighted by Crippen LogP contribution is 2.02. The molecule has 1 fully saturated rings. The fourth-order valence-electron chi connectivity index (χ4n) is 1.45. The summed E-state index contributed by atoms with van der Waals surface area (Å²) in [7, 11) is 1.72. The van der Waals surface area contributed by atoms with Crippen LogP contribution in [0.5, 0.6) is 0 Å². The van der Waals surface area contributed by atoms with Crippen molar-refractivity contribution in [1.29, 1.82) is 0 Å². The Bertz CT molecular complexity index is 162. The number of carbonyl (C=O) groups excluding carboxylic acids is 1. The Hall–Kier alpha value is -0.770. The zero-order valence-corrected chi connectivity index (χ0v) is 8.21. The zero-order valence-electron chi connectivity index (χ0n) is 8.21. The van der Waals surface area contributed by atoms with Gasteiger partial charge in [-0.15, -0.1) is 0 Å². The van der Waals surface area contributed by atoms with Gasteiger partial charge in [0.1, 0.15) is 0 Å². The first kappa shape index (κ1) is 10.3. The second-order valence-corrected chi connectivity index (χ2v) is 3.27. The van der Waals surface area contributed by atoms with E-state index in [1.54, 1.807) is 7.11 Å². The molecule has 1 N–H and O–H groups in total. The highest BCUT2D eigenvalue weighted by atomic mass is 16.5. The van der Waals surface area contributed by atoms with Gasteiger partial charge < -0.3 is 15.0 Å². The fourth-order valence-corrected chi connectivity index (χ4v) is 1.45. The largest absolute Gasteiger partial charge is 0.385 e. The molecule has 0 saturated carbocycles. The molecule has 0 radical (unpaired) electrons. The van der Waals surface area contributed by atoms with Crippen molar-refractivity contribution in [3.8, 4) is 0 Å². The number of methoxy groups -OCH3 is 1. The van der Waals surface area contributed by atoms with Crippen LogP contribution in [0.4, 0.5) is 4.79 Å². The van der Waals surface area contributed by atoms with Gasteiger partial charge in [-0.2, -0.15) is 0 Å². The predicted octanol–water partition coefficient (Wildman–Crippen LogP) is 0.828. The summed E-state index contributed by atoms with van der Waals surface area (Å²) in [5.41, 5.74) is 0. The number of nitrogens with one attached hydrogen (secondary N) is 1. The number of amides is 2. The van der Waals surface area contributed by atoms with Crippen molar-refractivity contribution in [2.24, 2.45) is 0 Å². The van der Waals surface area contributed by atoms with E-state index in [0.29, 0.717) is 0 Å². The van der Waals surface area contributed by atoms with E-state index >= 15 is 0 Å². The molecule has 4 nitrogen and oxygen atoms in total. The number of hydrogen-bond acceptors (Lipinski definition) is 2. The first-order chi connectivity index (χ1) is 6.34. The van der Waals surface area contributed by atoms with Crippen molar-refractivity contribution >= 4 is 6.03 Å². The van der Waals surface area contributed by atoms with Crippen LogP contribution in [-0.4, -0.2) is 44.3 Å². The highest BCUT2D eigenvalue weighted by molar-refractivity contribution is 5.76. The number of rotatable bonds is 6. The van der Waals surface area contributed by atoms with Crippen LogP contribution in [0, 0.1) is 0 Å². The van der Waals surface area contributed by atoms with Gasteiger partial charge in [-0.1, -0.05) is 0 Å². The molecule has 1 rings (SSSR count). The monoisotopic (exact) mass is 186 g/mol. The lowest BCUT2D eigenvalue weighted by molar-refractivity contribution is 0.189. The van der Waals surface area contributed by atoms with Crippen LogP contribution in [0.3, 0.4) is 0 Å². The van der Waals surface area contributed by atoms with Gasteiger partial charge in [-0.05, 0) is 19.3 Å². The highest BCUT2D eigenvalue weighted by Gasteiger charge is 2.17.